The summed E-state index contributed by atoms with van der Waals surface area (Å²) in [5.41, 5.74) is 2.59. The van der Waals surface area contributed by atoms with Gasteiger partial charge in [0.25, 0.3) is 0 Å². The molecule has 2 N–H and O–H groups in total. The van der Waals surface area contributed by atoms with Gasteiger partial charge in [-0.1, -0.05) is 30.3 Å². The molecular weight excluding hydrogens is 316 g/mol. The maximum absolute atomic E-state index is 12.6. The molecular formula is C18H20N6O. The summed E-state index contributed by atoms with van der Waals surface area (Å²) in [6.07, 6.45) is 5.01. The predicted octanol–water partition coefficient (Wildman–Crippen LogP) is 1.89. The summed E-state index contributed by atoms with van der Waals surface area (Å²) < 4.78 is 0. The molecule has 2 aromatic heterocycles. The van der Waals surface area contributed by atoms with Crippen LogP contribution in [0.3, 0.4) is 0 Å². The summed E-state index contributed by atoms with van der Waals surface area (Å²) in [4.78, 5) is 30.6. The molecule has 7 nitrogen and oxygen atoms in total. The van der Waals surface area contributed by atoms with Crippen LogP contribution in [0.15, 0.2) is 43.0 Å². The minimum atomic E-state index is -0.0367. The van der Waals surface area contributed by atoms with Gasteiger partial charge in [0, 0.05) is 19.6 Å². The van der Waals surface area contributed by atoms with Crippen LogP contribution in [0.4, 0.5) is 5.82 Å². The molecule has 1 saturated heterocycles. The van der Waals surface area contributed by atoms with Crippen molar-refractivity contribution in [2.45, 2.75) is 19.4 Å². The molecule has 0 spiro atoms. The van der Waals surface area contributed by atoms with E-state index >= 15 is 0 Å². The lowest BCUT2D eigenvalue weighted by atomic mass is 9.97. The molecule has 0 bridgehead atoms. The van der Waals surface area contributed by atoms with Gasteiger partial charge in [0.1, 0.15) is 11.8 Å². The molecule has 3 heterocycles. The lowest BCUT2D eigenvalue weighted by Crippen LogP contribution is -2.43. The maximum atomic E-state index is 12.6. The third-order valence-electron chi connectivity index (χ3n) is 4.60. The largest absolute Gasteiger partial charge is 0.354 e. The van der Waals surface area contributed by atoms with Crippen LogP contribution >= 0.6 is 0 Å². The number of rotatable bonds is 4. The number of H-pyrrole nitrogens is 1. The van der Waals surface area contributed by atoms with Gasteiger partial charge in [0.15, 0.2) is 11.5 Å². The minimum Gasteiger partial charge on any atom is -0.354 e. The van der Waals surface area contributed by atoms with E-state index in [-0.39, 0.29) is 11.8 Å². The van der Waals surface area contributed by atoms with Crippen molar-refractivity contribution in [3.8, 4) is 0 Å². The normalized spacial score (nSPS) is 17.6. The van der Waals surface area contributed by atoms with E-state index in [0.29, 0.717) is 18.7 Å². The summed E-state index contributed by atoms with van der Waals surface area (Å²) in [6, 6.07) is 9.97. The van der Waals surface area contributed by atoms with Gasteiger partial charge in [-0.25, -0.2) is 15.0 Å². The summed E-state index contributed by atoms with van der Waals surface area (Å²) in [5.74, 6) is 0.886. The number of fused-ring (bicyclic) bond motifs is 1. The number of nitrogens with zero attached hydrogens (tertiary/aromatic N) is 4. The van der Waals surface area contributed by atoms with Gasteiger partial charge in [0.2, 0.25) is 5.91 Å². The van der Waals surface area contributed by atoms with Crippen LogP contribution in [0.2, 0.25) is 0 Å². The first-order valence-corrected chi connectivity index (χ1v) is 8.52. The van der Waals surface area contributed by atoms with Crippen LogP contribution in [0.5, 0.6) is 0 Å². The highest BCUT2D eigenvalue weighted by atomic mass is 16.1. The number of nitrogens with one attached hydrogen (secondary N) is 2. The number of hydrogen-bond donors (Lipinski definition) is 2. The van der Waals surface area contributed by atoms with E-state index in [1.54, 1.807) is 6.33 Å². The van der Waals surface area contributed by atoms with Crippen molar-refractivity contribution in [2.24, 2.45) is 5.92 Å². The number of aromatic amines is 1. The van der Waals surface area contributed by atoms with Crippen LogP contribution in [-0.2, 0) is 11.3 Å². The summed E-state index contributed by atoms with van der Waals surface area (Å²) >= 11 is 0. The molecule has 1 aliphatic rings. The number of carbonyl (C=O) groups excluding carboxylic acids is 1. The second kappa shape index (κ2) is 6.88. The minimum absolute atomic E-state index is 0.0367. The Labute approximate surface area is 145 Å². The predicted molar refractivity (Wildman–Crippen MR) is 94.9 cm³/mol. The molecule has 1 amide bonds. The molecule has 25 heavy (non-hydrogen) atoms. The molecule has 0 unspecified atom stereocenters. The zero-order valence-electron chi connectivity index (χ0n) is 13.9. The number of imidazole rings is 1. The number of aromatic nitrogens is 4. The van der Waals surface area contributed by atoms with Crippen molar-refractivity contribution < 1.29 is 4.79 Å². The second-order valence-electron chi connectivity index (χ2n) is 6.29. The Morgan fingerprint density at radius 3 is 3.00 bits per heavy atom. The number of piperidine rings is 1. The smallest absolute Gasteiger partial charge is 0.225 e. The number of anilines is 1. The van der Waals surface area contributed by atoms with Gasteiger partial charge in [-0.3, -0.25) is 4.79 Å². The van der Waals surface area contributed by atoms with Crippen LogP contribution in [0.1, 0.15) is 18.4 Å². The van der Waals surface area contributed by atoms with Gasteiger partial charge in [-0.05, 0) is 18.4 Å². The Balaban J connectivity index is 1.44. The van der Waals surface area contributed by atoms with E-state index in [4.69, 9.17) is 0 Å². The van der Waals surface area contributed by atoms with Crippen molar-refractivity contribution in [1.29, 1.82) is 0 Å². The lowest BCUT2D eigenvalue weighted by Gasteiger charge is -2.32. The first kappa shape index (κ1) is 15.6. The van der Waals surface area contributed by atoms with Crippen molar-refractivity contribution >= 4 is 22.9 Å². The van der Waals surface area contributed by atoms with Gasteiger partial charge in [-0.2, -0.15) is 0 Å². The van der Waals surface area contributed by atoms with Crippen LogP contribution in [0.25, 0.3) is 11.2 Å². The SMILES string of the molecule is O=C(NCc1ccccc1)[C@@H]1CCCN(c2ncnc3nc[nH]c23)C1. The van der Waals surface area contributed by atoms with Gasteiger partial charge >= 0.3 is 0 Å². The molecule has 128 valence electrons. The molecule has 4 rings (SSSR count). The maximum Gasteiger partial charge on any atom is 0.225 e. The molecule has 0 aliphatic carbocycles. The monoisotopic (exact) mass is 336 g/mol. The molecule has 3 aromatic rings. The average Bonchev–Trinajstić information content (AvgIpc) is 3.16. The summed E-state index contributed by atoms with van der Waals surface area (Å²) in [6.45, 7) is 2.10. The first-order valence-electron chi connectivity index (χ1n) is 8.52. The molecule has 0 radical (unpaired) electrons. The lowest BCUT2D eigenvalue weighted by molar-refractivity contribution is -0.125. The average molecular weight is 336 g/mol. The third kappa shape index (κ3) is 3.31. The van der Waals surface area contributed by atoms with E-state index in [1.165, 1.54) is 6.33 Å². The van der Waals surface area contributed by atoms with Crippen LogP contribution in [0, 0.1) is 5.92 Å². The van der Waals surface area contributed by atoms with Gasteiger partial charge < -0.3 is 15.2 Å². The Morgan fingerprint density at radius 2 is 2.12 bits per heavy atom. The fourth-order valence-electron chi connectivity index (χ4n) is 3.30. The number of carbonyl (C=O) groups is 1. The Hall–Kier alpha value is -2.96. The molecule has 1 aromatic carbocycles. The quantitative estimate of drug-likeness (QED) is 0.760. The van der Waals surface area contributed by atoms with E-state index in [0.717, 1.165) is 36.3 Å². The molecule has 1 fully saturated rings. The number of hydrogen-bond acceptors (Lipinski definition) is 5. The summed E-state index contributed by atoms with van der Waals surface area (Å²) in [5, 5.41) is 3.05. The fraction of sp³-hybridized carbons (Fsp3) is 0.333. The highest BCUT2D eigenvalue weighted by molar-refractivity contribution is 5.84. The Morgan fingerprint density at radius 1 is 1.24 bits per heavy atom. The topological polar surface area (TPSA) is 86.8 Å². The van der Waals surface area contributed by atoms with Crippen molar-refractivity contribution in [3.05, 3.63) is 48.5 Å². The highest BCUT2D eigenvalue weighted by Gasteiger charge is 2.27. The molecule has 0 saturated carbocycles. The molecule has 7 heteroatoms. The summed E-state index contributed by atoms with van der Waals surface area (Å²) in [7, 11) is 0. The Bertz CT molecular complexity index is 862. The van der Waals surface area contributed by atoms with E-state index in [9.17, 15) is 4.79 Å². The van der Waals surface area contributed by atoms with Crippen LogP contribution < -0.4 is 10.2 Å². The molecule has 1 aliphatic heterocycles. The van der Waals surface area contributed by atoms with E-state index in [1.807, 2.05) is 30.3 Å². The number of amides is 1. The van der Waals surface area contributed by atoms with E-state index < -0.39 is 0 Å². The Kier molecular flexibility index (Phi) is 4.28. The highest BCUT2D eigenvalue weighted by Crippen LogP contribution is 2.25. The molecule has 1 atom stereocenters. The fourth-order valence-corrected chi connectivity index (χ4v) is 3.30. The van der Waals surface area contributed by atoms with Gasteiger partial charge in [0.05, 0.1) is 12.2 Å². The second-order valence-corrected chi connectivity index (χ2v) is 6.29. The zero-order valence-corrected chi connectivity index (χ0v) is 13.9. The number of benzene rings is 1. The first-order chi connectivity index (χ1) is 12.3. The van der Waals surface area contributed by atoms with Gasteiger partial charge in [-0.15, -0.1) is 0 Å². The van der Waals surface area contributed by atoms with Crippen LogP contribution in [-0.4, -0.2) is 38.9 Å². The van der Waals surface area contributed by atoms with Crippen molar-refractivity contribution in [2.75, 3.05) is 18.0 Å². The van der Waals surface area contributed by atoms with E-state index in [2.05, 4.69) is 30.2 Å². The van der Waals surface area contributed by atoms with Crippen molar-refractivity contribution in [3.63, 3.8) is 0 Å². The van der Waals surface area contributed by atoms with Crippen molar-refractivity contribution in [1.82, 2.24) is 25.3 Å². The standard InChI is InChI=1S/C18H20N6O/c25-18(19-9-13-5-2-1-3-6-13)14-7-4-8-24(10-14)17-15-16(21-11-20-15)22-12-23-17/h1-3,5-6,11-12,14H,4,7-10H2,(H,19,25)(H,20,21,22,23)/t14-/m1/s1. The third-order valence-corrected chi connectivity index (χ3v) is 4.60. The zero-order chi connectivity index (χ0) is 17.1.